The number of carboxylic acid groups (broad SMARTS) is 3. The van der Waals surface area contributed by atoms with Crippen molar-refractivity contribution in [3.05, 3.63) is 47.6 Å². The van der Waals surface area contributed by atoms with Crippen LogP contribution in [0.2, 0.25) is 0 Å². The first kappa shape index (κ1) is 16.0. The molecule has 110 valence electrons. The SMILES string of the molecule is O=C(O)/C=C\C(=O)O.O=C(O)C1=Cc2ccccc2NC1. The minimum Gasteiger partial charge on any atom is -0.478 e. The Bertz CT molecular complexity index is 602. The normalized spacial score (nSPS) is 12.3. The summed E-state index contributed by atoms with van der Waals surface area (Å²) in [7, 11) is 0. The fourth-order valence-corrected chi connectivity index (χ4v) is 1.49. The number of carboxylic acids is 3. The molecule has 1 heterocycles. The monoisotopic (exact) mass is 291 g/mol. The molecule has 0 fully saturated rings. The first-order chi connectivity index (χ1) is 9.90. The van der Waals surface area contributed by atoms with Gasteiger partial charge in [0.15, 0.2) is 0 Å². The van der Waals surface area contributed by atoms with E-state index < -0.39 is 17.9 Å². The molecule has 0 atom stereocenters. The molecule has 1 aliphatic rings. The molecule has 0 spiro atoms. The zero-order valence-corrected chi connectivity index (χ0v) is 10.8. The molecule has 1 aliphatic heterocycles. The highest BCUT2D eigenvalue weighted by molar-refractivity contribution is 5.96. The highest BCUT2D eigenvalue weighted by atomic mass is 16.4. The van der Waals surface area contributed by atoms with Crippen LogP contribution in [0.1, 0.15) is 5.56 Å². The molecule has 0 amide bonds. The van der Waals surface area contributed by atoms with Gasteiger partial charge in [0.1, 0.15) is 0 Å². The van der Waals surface area contributed by atoms with E-state index in [2.05, 4.69) is 5.32 Å². The van der Waals surface area contributed by atoms with E-state index in [0.717, 1.165) is 11.3 Å². The Morgan fingerprint density at radius 1 is 1.00 bits per heavy atom. The van der Waals surface area contributed by atoms with E-state index in [1.54, 1.807) is 6.08 Å². The van der Waals surface area contributed by atoms with E-state index in [1.165, 1.54) is 0 Å². The van der Waals surface area contributed by atoms with Crippen LogP contribution in [-0.2, 0) is 14.4 Å². The second-order valence-corrected chi connectivity index (χ2v) is 3.93. The van der Waals surface area contributed by atoms with Crippen LogP contribution in [0.25, 0.3) is 6.08 Å². The Hall–Kier alpha value is -3.09. The van der Waals surface area contributed by atoms with Crippen molar-refractivity contribution in [3.63, 3.8) is 0 Å². The summed E-state index contributed by atoms with van der Waals surface area (Å²) in [6.07, 6.45) is 2.82. The van der Waals surface area contributed by atoms with Crippen LogP contribution < -0.4 is 5.32 Å². The van der Waals surface area contributed by atoms with Gasteiger partial charge in [-0.3, -0.25) is 0 Å². The second-order valence-electron chi connectivity index (χ2n) is 3.93. The van der Waals surface area contributed by atoms with Gasteiger partial charge in [0.2, 0.25) is 0 Å². The summed E-state index contributed by atoms with van der Waals surface area (Å²) in [6.45, 7) is 0.395. The number of carbonyl (C=O) groups is 3. The summed E-state index contributed by atoms with van der Waals surface area (Å²) in [5.41, 5.74) is 2.33. The van der Waals surface area contributed by atoms with Crippen LogP contribution in [0.3, 0.4) is 0 Å². The molecule has 0 aromatic heterocycles. The Kier molecular flexibility index (Phi) is 5.69. The van der Waals surface area contributed by atoms with Crippen molar-refractivity contribution in [3.8, 4) is 0 Å². The van der Waals surface area contributed by atoms with Crippen molar-refractivity contribution >= 4 is 29.7 Å². The first-order valence-corrected chi connectivity index (χ1v) is 5.81. The summed E-state index contributed by atoms with van der Waals surface area (Å²) in [4.78, 5) is 29.8. The summed E-state index contributed by atoms with van der Waals surface area (Å²) < 4.78 is 0. The third-order valence-electron chi connectivity index (χ3n) is 2.40. The van der Waals surface area contributed by atoms with Crippen molar-refractivity contribution in [2.24, 2.45) is 0 Å². The Balaban J connectivity index is 0.000000240. The third-order valence-corrected chi connectivity index (χ3v) is 2.40. The maximum absolute atomic E-state index is 10.7. The molecule has 0 saturated heterocycles. The number of anilines is 1. The van der Waals surface area contributed by atoms with Gasteiger partial charge in [-0.2, -0.15) is 0 Å². The van der Waals surface area contributed by atoms with Crippen molar-refractivity contribution in [2.45, 2.75) is 0 Å². The standard InChI is InChI=1S/C10H9NO2.C4H4O4/c12-10(13)8-5-7-3-1-2-4-9(7)11-6-8;5-3(6)1-2-4(7)8/h1-5,11H,6H2,(H,12,13);1-2H,(H,5,6)(H,7,8)/b;2-1-. The number of para-hydroxylation sites is 1. The van der Waals surface area contributed by atoms with Gasteiger partial charge < -0.3 is 20.6 Å². The zero-order valence-electron chi connectivity index (χ0n) is 10.8. The summed E-state index contributed by atoms with van der Waals surface area (Å²) in [6, 6.07) is 7.64. The van der Waals surface area contributed by atoms with Crippen LogP contribution in [0, 0.1) is 0 Å². The van der Waals surface area contributed by atoms with Gasteiger partial charge >= 0.3 is 17.9 Å². The minimum absolute atomic E-state index is 0.395. The van der Waals surface area contributed by atoms with Gasteiger partial charge in [0.05, 0.1) is 5.57 Å². The fourth-order valence-electron chi connectivity index (χ4n) is 1.49. The lowest BCUT2D eigenvalue weighted by atomic mass is 10.1. The summed E-state index contributed by atoms with van der Waals surface area (Å²) in [5.74, 6) is -3.37. The molecular formula is C14H13NO6. The number of fused-ring (bicyclic) bond motifs is 1. The van der Waals surface area contributed by atoms with Gasteiger partial charge in [-0.05, 0) is 17.7 Å². The predicted molar refractivity (Wildman–Crippen MR) is 75.0 cm³/mol. The van der Waals surface area contributed by atoms with Gasteiger partial charge in [-0.25, -0.2) is 14.4 Å². The smallest absolute Gasteiger partial charge is 0.333 e. The van der Waals surface area contributed by atoms with Crippen LogP contribution in [-0.4, -0.2) is 39.8 Å². The molecule has 0 unspecified atom stereocenters. The van der Waals surface area contributed by atoms with Crippen LogP contribution >= 0.6 is 0 Å². The lowest BCUT2D eigenvalue weighted by Crippen LogP contribution is -2.16. The maximum atomic E-state index is 10.7. The Morgan fingerprint density at radius 3 is 2.10 bits per heavy atom. The van der Waals surface area contributed by atoms with Gasteiger partial charge in [-0.15, -0.1) is 0 Å². The van der Waals surface area contributed by atoms with E-state index in [9.17, 15) is 14.4 Å². The topological polar surface area (TPSA) is 124 Å². The number of hydrogen-bond acceptors (Lipinski definition) is 4. The Morgan fingerprint density at radius 2 is 1.57 bits per heavy atom. The van der Waals surface area contributed by atoms with Gasteiger partial charge in [-0.1, -0.05) is 18.2 Å². The van der Waals surface area contributed by atoms with Crippen LogP contribution in [0.5, 0.6) is 0 Å². The van der Waals surface area contributed by atoms with Crippen molar-refractivity contribution in [2.75, 3.05) is 11.9 Å². The summed E-state index contributed by atoms with van der Waals surface area (Å²) >= 11 is 0. The molecule has 7 nitrogen and oxygen atoms in total. The maximum Gasteiger partial charge on any atom is 0.333 e. The average Bonchev–Trinajstić information content (AvgIpc) is 2.45. The van der Waals surface area contributed by atoms with Crippen LogP contribution in [0.4, 0.5) is 5.69 Å². The fraction of sp³-hybridized carbons (Fsp3) is 0.0714. The molecule has 0 radical (unpaired) electrons. The van der Waals surface area contributed by atoms with E-state index in [0.29, 0.717) is 24.3 Å². The quantitative estimate of drug-likeness (QED) is 0.618. The first-order valence-electron chi connectivity index (χ1n) is 5.81. The average molecular weight is 291 g/mol. The molecule has 0 saturated carbocycles. The van der Waals surface area contributed by atoms with E-state index in [-0.39, 0.29) is 0 Å². The third kappa shape index (κ3) is 5.60. The van der Waals surface area contributed by atoms with Crippen molar-refractivity contribution in [1.29, 1.82) is 0 Å². The highest BCUT2D eigenvalue weighted by Crippen LogP contribution is 2.22. The summed E-state index contributed by atoms with van der Waals surface area (Å²) in [5, 5.41) is 27.4. The molecule has 7 heteroatoms. The number of hydrogen-bond donors (Lipinski definition) is 4. The van der Waals surface area contributed by atoms with E-state index in [1.807, 2.05) is 24.3 Å². The predicted octanol–water partition coefficient (Wildman–Crippen LogP) is 1.29. The van der Waals surface area contributed by atoms with Crippen molar-refractivity contribution < 1.29 is 29.7 Å². The van der Waals surface area contributed by atoms with Gasteiger partial charge in [0, 0.05) is 24.4 Å². The lowest BCUT2D eigenvalue weighted by Gasteiger charge is -2.15. The van der Waals surface area contributed by atoms with E-state index >= 15 is 0 Å². The second kappa shape index (κ2) is 7.49. The number of benzene rings is 1. The van der Waals surface area contributed by atoms with Crippen LogP contribution in [0.15, 0.2) is 42.0 Å². The van der Waals surface area contributed by atoms with E-state index in [4.69, 9.17) is 15.3 Å². The zero-order chi connectivity index (χ0) is 15.8. The number of rotatable bonds is 3. The molecule has 2 rings (SSSR count). The number of aliphatic carboxylic acids is 3. The molecule has 0 bridgehead atoms. The van der Waals surface area contributed by atoms with Gasteiger partial charge in [0.25, 0.3) is 0 Å². The molecule has 0 aliphatic carbocycles. The minimum atomic E-state index is -1.26. The molecule has 21 heavy (non-hydrogen) atoms. The Labute approximate surface area is 119 Å². The largest absolute Gasteiger partial charge is 0.478 e. The molecular weight excluding hydrogens is 278 g/mol. The number of nitrogens with one attached hydrogen (secondary N) is 1. The molecule has 1 aromatic carbocycles. The van der Waals surface area contributed by atoms with Crippen molar-refractivity contribution in [1.82, 2.24) is 0 Å². The highest BCUT2D eigenvalue weighted by Gasteiger charge is 2.13. The lowest BCUT2D eigenvalue weighted by molar-refractivity contribution is -0.134. The molecule has 1 aromatic rings. The molecule has 4 N–H and O–H groups in total.